The Balaban J connectivity index is 0.877. The normalized spacial score (nSPS) is 20.2. The maximum absolute atomic E-state index is 13.8. The van der Waals surface area contributed by atoms with Crippen molar-refractivity contribution in [1.82, 2.24) is 10.3 Å². The van der Waals surface area contributed by atoms with Gasteiger partial charge >= 0.3 is 5.97 Å². The van der Waals surface area contributed by atoms with Gasteiger partial charge in [0.1, 0.15) is 62.1 Å². The molecule has 16 heteroatoms. The van der Waals surface area contributed by atoms with E-state index < -0.39 is 6.04 Å². The number of hydrogen-bond acceptors (Lipinski definition) is 15. The van der Waals surface area contributed by atoms with Gasteiger partial charge in [0.05, 0.1) is 112 Å². The summed E-state index contributed by atoms with van der Waals surface area (Å²) in [6, 6.07) is 30.5. The zero-order chi connectivity index (χ0) is 46.0. The van der Waals surface area contributed by atoms with Crippen LogP contribution in [0.3, 0.4) is 0 Å². The summed E-state index contributed by atoms with van der Waals surface area (Å²) in [5.41, 5.74) is 4.99. The highest BCUT2D eigenvalue weighted by Crippen LogP contribution is 2.35. The fraction of sp³-hybridized carbons (Fsp3) is 0.471. The summed E-state index contributed by atoms with van der Waals surface area (Å²) >= 11 is 0. The van der Waals surface area contributed by atoms with Crippen LogP contribution in [0.1, 0.15) is 28.4 Å². The van der Waals surface area contributed by atoms with Crippen molar-refractivity contribution in [2.45, 2.75) is 25.1 Å². The Hall–Kier alpha value is -5.27. The second-order valence-corrected chi connectivity index (χ2v) is 15.5. The minimum Gasteiger partial charge on any atom is -0.491 e. The van der Waals surface area contributed by atoms with E-state index in [1.165, 1.54) is 0 Å². The van der Waals surface area contributed by atoms with Crippen molar-refractivity contribution in [2.75, 3.05) is 132 Å². The Bertz CT molecular complexity index is 2100. The third kappa shape index (κ3) is 17.1. The molecule has 0 fully saturated rings. The Morgan fingerprint density at radius 2 is 0.910 bits per heavy atom. The smallest absolute Gasteiger partial charge is 0.323 e. The van der Waals surface area contributed by atoms with E-state index in [9.17, 15) is 4.79 Å². The second-order valence-electron chi connectivity index (χ2n) is 15.5. The van der Waals surface area contributed by atoms with E-state index in [4.69, 9.17) is 61.6 Å². The van der Waals surface area contributed by atoms with Crippen molar-refractivity contribution < 1.29 is 66.4 Å². The number of nitrogens with one attached hydrogen (secondary N) is 2. The molecule has 67 heavy (non-hydrogen) atoms. The van der Waals surface area contributed by atoms with Crippen LogP contribution in [0.2, 0.25) is 0 Å². The van der Waals surface area contributed by atoms with Gasteiger partial charge in [-0.05, 0) is 47.0 Å². The lowest BCUT2D eigenvalue weighted by atomic mass is 9.90. The monoisotopic (exact) mass is 928 g/mol. The molecule has 0 amide bonds. The van der Waals surface area contributed by atoms with E-state index in [2.05, 4.69) is 34.6 Å². The number of carbonyl (C=O) groups excluding carboxylic acids is 1. The molecule has 3 heterocycles. The molecule has 2 aliphatic rings. The Kier molecular flexibility index (Phi) is 21.3. The van der Waals surface area contributed by atoms with Crippen molar-refractivity contribution >= 4 is 16.9 Å². The maximum Gasteiger partial charge on any atom is 0.323 e. The zero-order valence-corrected chi connectivity index (χ0v) is 38.2. The molecule has 7 rings (SSSR count). The third-order valence-corrected chi connectivity index (χ3v) is 10.7. The molecule has 0 saturated carbocycles. The molecule has 1 unspecified atom stereocenters. The number of rotatable bonds is 4. The SMILES string of the molecule is O=C(OCc1cc2cc(c1)OCCOCCOCCOCCOCCOc1cccc(c1)OCCOCCOCCOCCOCCO2)[C@H]1Cc2c([nH]c3ccccc23)C(c2ccccc2)N1. The van der Waals surface area contributed by atoms with Crippen LogP contribution < -0.4 is 24.3 Å². The summed E-state index contributed by atoms with van der Waals surface area (Å²) in [7, 11) is 0. The molecule has 1 aromatic heterocycles. The first-order valence-electron chi connectivity index (χ1n) is 23.1. The molecule has 0 spiro atoms. The number of para-hydroxylation sites is 1. The van der Waals surface area contributed by atoms with Gasteiger partial charge in [0.2, 0.25) is 0 Å². The molecule has 4 bridgehead atoms. The van der Waals surface area contributed by atoms with Gasteiger partial charge in [-0.15, -0.1) is 0 Å². The molecule has 16 nitrogen and oxygen atoms in total. The highest BCUT2D eigenvalue weighted by atomic mass is 16.6. The van der Waals surface area contributed by atoms with E-state index in [1.807, 2.05) is 66.7 Å². The van der Waals surface area contributed by atoms with Crippen LogP contribution in [-0.4, -0.2) is 149 Å². The van der Waals surface area contributed by atoms with Crippen molar-refractivity contribution in [3.8, 4) is 23.0 Å². The van der Waals surface area contributed by atoms with Gasteiger partial charge in [0.15, 0.2) is 0 Å². The first kappa shape index (κ1) is 49.6. The Morgan fingerprint density at radius 1 is 0.478 bits per heavy atom. The lowest BCUT2D eigenvalue weighted by molar-refractivity contribution is -0.147. The van der Waals surface area contributed by atoms with Crippen LogP contribution in [0.5, 0.6) is 23.0 Å². The summed E-state index contributed by atoms with van der Waals surface area (Å²) in [5.74, 6) is 2.18. The minimum atomic E-state index is -0.562. The quantitative estimate of drug-likeness (QED) is 0.205. The van der Waals surface area contributed by atoms with Crippen molar-refractivity contribution in [1.29, 1.82) is 0 Å². The van der Waals surface area contributed by atoms with Gasteiger partial charge < -0.3 is 66.6 Å². The number of aromatic nitrogens is 1. The number of carbonyl (C=O) groups is 1. The second kappa shape index (κ2) is 28.8. The van der Waals surface area contributed by atoms with Crippen LogP contribution in [0.15, 0.2) is 97.1 Å². The maximum atomic E-state index is 13.8. The van der Waals surface area contributed by atoms with E-state index in [0.717, 1.165) is 27.7 Å². The van der Waals surface area contributed by atoms with Crippen molar-refractivity contribution in [2.24, 2.45) is 0 Å². The number of aromatic amines is 1. The van der Waals surface area contributed by atoms with Gasteiger partial charge in [0.25, 0.3) is 0 Å². The first-order chi connectivity index (χ1) is 33.2. The molecule has 4 aromatic carbocycles. The summed E-state index contributed by atoms with van der Waals surface area (Å²) in [5, 5.41) is 4.67. The molecule has 2 aliphatic heterocycles. The number of H-pyrrole nitrogens is 1. The molecule has 0 aliphatic carbocycles. The number of esters is 1. The van der Waals surface area contributed by atoms with E-state index >= 15 is 0 Å². The minimum absolute atomic E-state index is 0.0234. The lowest BCUT2D eigenvalue weighted by Gasteiger charge is -2.30. The Morgan fingerprint density at radius 3 is 1.42 bits per heavy atom. The van der Waals surface area contributed by atoms with Gasteiger partial charge in [-0.25, -0.2) is 0 Å². The van der Waals surface area contributed by atoms with Crippen molar-refractivity contribution in [3.63, 3.8) is 0 Å². The summed E-state index contributed by atoms with van der Waals surface area (Å²) < 4.78 is 75.0. The molecule has 362 valence electrons. The van der Waals surface area contributed by atoms with Gasteiger partial charge in [0, 0.05) is 35.2 Å². The molecule has 0 saturated heterocycles. The third-order valence-electron chi connectivity index (χ3n) is 10.7. The summed E-state index contributed by atoms with van der Waals surface area (Å²) in [6.45, 7) is 8.18. The number of hydrogen-bond donors (Lipinski definition) is 2. The predicted octanol–water partition coefficient (Wildman–Crippen LogP) is 5.88. The molecule has 5 aromatic rings. The molecular weight excluding hydrogens is 865 g/mol. The highest BCUT2D eigenvalue weighted by molar-refractivity contribution is 5.87. The van der Waals surface area contributed by atoms with Crippen LogP contribution in [-0.2, 0) is 60.5 Å². The van der Waals surface area contributed by atoms with Gasteiger partial charge in [-0.2, -0.15) is 0 Å². The summed E-state index contributed by atoms with van der Waals surface area (Å²) in [6.07, 6.45) is 0.491. The number of fused-ring (bicyclic) bond motifs is 7. The summed E-state index contributed by atoms with van der Waals surface area (Å²) in [4.78, 5) is 17.4. The van der Waals surface area contributed by atoms with E-state index in [0.29, 0.717) is 167 Å². The molecule has 2 atom stereocenters. The highest BCUT2D eigenvalue weighted by Gasteiger charge is 2.34. The van der Waals surface area contributed by atoms with Crippen LogP contribution >= 0.6 is 0 Å². The average Bonchev–Trinajstić information content (AvgIpc) is 3.74. The fourth-order valence-corrected chi connectivity index (χ4v) is 7.48. The predicted molar refractivity (Wildman–Crippen MR) is 248 cm³/mol. The van der Waals surface area contributed by atoms with E-state index in [1.54, 1.807) is 6.07 Å². The molecule has 0 radical (unpaired) electrons. The molecular formula is C51H64N2O14. The fourth-order valence-electron chi connectivity index (χ4n) is 7.48. The van der Waals surface area contributed by atoms with Gasteiger partial charge in [-0.1, -0.05) is 54.6 Å². The largest absolute Gasteiger partial charge is 0.491 e. The van der Waals surface area contributed by atoms with Crippen molar-refractivity contribution in [3.05, 3.63) is 119 Å². The Labute approximate surface area is 392 Å². The standard InChI is InChI=1S/C51H64N2O14/c54-51(48-37-46-45-11-4-5-12-47(45)52-50(46)49(53-48)40-7-2-1-3-8-40)67-38-39-33-43-36-44(34-39)66-32-28-62-24-20-58-16-14-56-18-22-60-26-30-64-42-10-6-9-41(35-42)63-29-25-59-21-17-55-13-15-57-19-23-61-27-31-65-43/h1-12,33-36,48-49,52-53H,13-32,37-38H2/t48-,49?/m1/s1. The zero-order valence-electron chi connectivity index (χ0n) is 38.2. The van der Waals surface area contributed by atoms with Crippen LogP contribution in [0.25, 0.3) is 10.9 Å². The lowest BCUT2D eigenvalue weighted by Crippen LogP contribution is -2.45. The van der Waals surface area contributed by atoms with Gasteiger partial charge in [-0.3, -0.25) is 10.1 Å². The number of ether oxygens (including phenoxy) is 13. The van der Waals surface area contributed by atoms with Crippen LogP contribution in [0, 0.1) is 0 Å². The topological polar surface area (TPSA) is 165 Å². The first-order valence-corrected chi connectivity index (χ1v) is 23.1. The van der Waals surface area contributed by atoms with E-state index in [-0.39, 0.29) is 18.6 Å². The molecule has 2 N–H and O–H groups in total. The number of benzene rings is 4. The average molecular weight is 929 g/mol. The van der Waals surface area contributed by atoms with Crippen LogP contribution in [0.4, 0.5) is 0 Å².